The first-order valence-electron chi connectivity index (χ1n) is 7.74. The van der Waals surface area contributed by atoms with E-state index in [1.165, 1.54) is 5.56 Å². The van der Waals surface area contributed by atoms with Crippen LogP contribution in [0.5, 0.6) is 0 Å². The van der Waals surface area contributed by atoms with Gasteiger partial charge in [-0.15, -0.1) is 0 Å². The zero-order valence-corrected chi connectivity index (χ0v) is 12.9. The molecule has 0 unspecified atom stereocenters. The average molecular weight is 295 g/mol. The first kappa shape index (κ1) is 14.7. The molecule has 3 rings (SSSR count). The van der Waals surface area contributed by atoms with E-state index in [0.29, 0.717) is 6.54 Å². The third-order valence-electron chi connectivity index (χ3n) is 3.77. The molecule has 2 heterocycles. The molecule has 0 amide bonds. The van der Waals surface area contributed by atoms with E-state index in [0.717, 1.165) is 48.4 Å². The molecular formula is C17H21N5. The summed E-state index contributed by atoms with van der Waals surface area (Å²) in [5.41, 5.74) is 9.74. The smallest absolute Gasteiger partial charge is 0.163 e. The van der Waals surface area contributed by atoms with E-state index in [1.807, 2.05) is 12.5 Å². The number of aryl methyl sites for hydroxylation is 1. The van der Waals surface area contributed by atoms with E-state index in [1.54, 1.807) is 0 Å². The summed E-state index contributed by atoms with van der Waals surface area (Å²) in [5.74, 6) is 0.898. The van der Waals surface area contributed by atoms with Gasteiger partial charge >= 0.3 is 0 Å². The zero-order chi connectivity index (χ0) is 15.4. The first-order valence-corrected chi connectivity index (χ1v) is 7.74. The number of nitrogens with zero attached hydrogens (tertiary/aromatic N) is 4. The largest absolute Gasteiger partial charge is 0.326 e. The highest BCUT2D eigenvalue weighted by molar-refractivity contribution is 5.69. The minimum absolute atomic E-state index is 0.572. The van der Waals surface area contributed by atoms with Crippen molar-refractivity contribution in [3.63, 3.8) is 0 Å². The van der Waals surface area contributed by atoms with Gasteiger partial charge in [-0.3, -0.25) is 0 Å². The fraction of sp³-hybridized carbons (Fsp3) is 0.353. The number of aromatic nitrogens is 4. The highest BCUT2D eigenvalue weighted by atomic mass is 15.1. The van der Waals surface area contributed by atoms with Crippen molar-refractivity contribution in [3.8, 4) is 0 Å². The Labute approximate surface area is 130 Å². The van der Waals surface area contributed by atoms with Gasteiger partial charge in [0.1, 0.15) is 11.3 Å². The number of nitrogens with two attached hydrogens (primary N) is 1. The molecule has 0 saturated carbocycles. The second kappa shape index (κ2) is 6.66. The third kappa shape index (κ3) is 3.14. The van der Waals surface area contributed by atoms with Crippen LogP contribution in [0.3, 0.4) is 0 Å². The summed E-state index contributed by atoms with van der Waals surface area (Å²) in [6.07, 6.45) is 6.83. The van der Waals surface area contributed by atoms with E-state index >= 15 is 0 Å². The fourth-order valence-electron chi connectivity index (χ4n) is 2.44. The molecule has 0 aliphatic carbocycles. The molecule has 0 fully saturated rings. The highest BCUT2D eigenvalue weighted by Crippen LogP contribution is 2.13. The molecule has 114 valence electrons. The Balaban J connectivity index is 1.85. The number of benzene rings is 1. The van der Waals surface area contributed by atoms with Gasteiger partial charge in [0, 0.05) is 13.0 Å². The van der Waals surface area contributed by atoms with Crippen LogP contribution in [0.15, 0.2) is 36.8 Å². The maximum atomic E-state index is 5.63. The van der Waals surface area contributed by atoms with Crippen molar-refractivity contribution < 1.29 is 0 Å². The number of hydrogen-bond donors (Lipinski definition) is 1. The molecule has 1 aromatic carbocycles. The normalized spacial score (nSPS) is 11.2. The van der Waals surface area contributed by atoms with Crippen molar-refractivity contribution in [3.05, 3.63) is 53.7 Å². The van der Waals surface area contributed by atoms with Crippen LogP contribution in [0.4, 0.5) is 0 Å². The number of hydrogen-bond acceptors (Lipinski definition) is 4. The Morgan fingerprint density at radius 3 is 2.59 bits per heavy atom. The Morgan fingerprint density at radius 1 is 1.09 bits per heavy atom. The molecule has 0 saturated heterocycles. The summed E-state index contributed by atoms with van der Waals surface area (Å²) in [6.45, 7) is 3.50. The van der Waals surface area contributed by atoms with E-state index < -0.39 is 0 Å². The third-order valence-corrected chi connectivity index (χ3v) is 3.77. The number of imidazole rings is 1. The molecule has 2 aromatic heterocycles. The molecule has 0 spiro atoms. The van der Waals surface area contributed by atoms with Crippen molar-refractivity contribution in [1.29, 1.82) is 0 Å². The lowest BCUT2D eigenvalue weighted by atomic mass is 10.1. The van der Waals surface area contributed by atoms with Gasteiger partial charge in [0.2, 0.25) is 0 Å². The maximum absolute atomic E-state index is 5.63. The lowest BCUT2D eigenvalue weighted by Crippen LogP contribution is -2.03. The summed E-state index contributed by atoms with van der Waals surface area (Å²) in [6, 6.07) is 8.34. The second-order valence-corrected chi connectivity index (χ2v) is 5.49. The molecule has 5 heteroatoms. The van der Waals surface area contributed by atoms with Gasteiger partial charge in [0.15, 0.2) is 5.65 Å². The van der Waals surface area contributed by atoms with E-state index in [2.05, 4.69) is 50.7 Å². The topological polar surface area (TPSA) is 69.6 Å². The lowest BCUT2D eigenvalue weighted by Gasteiger charge is -2.06. The molecule has 3 aromatic rings. The van der Waals surface area contributed by atoms with Gasteiger partial charge in [-0.05, 0) is 17.5 Å². The molecule has 0 atom stereocenters. The summed E-state index contributed by atoms with van der Waals surface area (Å²) in [5, 5.41) is 0. The van der Waals surface area contributed by atoms with Crippen molar-refractivity contribution in [2.75, 3.05) is 0 Å². The molecule has 2 N–H and O–H groups in total. The number of fused-ring (bicyclic) bond motifs is 1. The Morgan fingerprint density at radius 2 is 1.86 bits per heavy atom. The molecule has 5 nitrogen and oxygen atoms in total. The quantitative estimate of drug-likeness (QED) is 0.759. The van der Waals surface area contributed by atoms with Crippen LogP contribution in [0.1, 0.15) is 36.7 Å². The van der Waals surface area contributed by atoms with Crippen molar-refractivity contribution >= 4 is 11.2 Å². The molecule has 0 aliphatic rings. The second-order valence-electron chi connectivity index (χ2n) is 5.49. The summed E-state index contributed by atoms with van der Waals surface area (Å²) >= 11 is 0. The summed E-state index contributed by atoms with van der Waals surface area (Å²) < 4.78 is 2.07. The van der Waals surface area contributed by atoms with Crippen LogP contribution in [-0.4, -0.2) is 19.5 Å². The Bertz CT molecular complexity index is 745. The monoisotopic (exact) mass is 295 g/mol. The molecule has 0 aliphatic heterocycles. The fourth-order valence-corrected chi connectivity index (χ4v) is 2.44. The predicted octanol–water partition coefficient (Wildman–Crippen LogP) is 2.68. The van der Waals surface area contributed by atoms with Crippen LogP contribution >= 0.6 is 0 Å². The summed E-state index contributed by atoms with van der Waals surface area (Å²) in [4.78, 5) is 13.4. The van der Waals surface area contributed by atoms with Gasteiger partial charge in [-0.1, -0.05) is 37.6 Å². The van der Waals surface area contributed by atoms with Crippen LogP contribution in [-0.2, 0) is 19.5 Å². The summed E-state index contributed by atoms with van der Waals surface area (Å²) in [7, 11) is 0. The number of unbranched alkanes of at least 4 members (excludes halogenated alkanes) is 1. The standard InChI is InChI=1S/C17H21N5/c1-2-3-4-16-19-10-15-17(21-16)22(12-20-15)11-14-7-5-13(9-18)6-8-14/h5-8,10,12H,2-4,9,11,18H2,1H3. The van der Waals surface area contributed by atoms with Gasteiger partial charge in [0.05, 0.1) is 19.1 Å². The van der Waals surface area contributed by atoms with Crippen LogP contribution in [0, 0.1) is 0 Å². The van der Waals surface area contributed by atoms with Gasteiger partial charge in [-0.2, -0.15) is 0 Å². The van der Waals surface area contributed by atoms with E-state index in [-0.39, 0.29) is 0 Å². The van der Waals surface area contributed by atoms with Crippen LogP contribution in [0.2, 0.25) is 0 Å². The molecule has 0 radical (unpaired) electrons. The van der Waals surface area contributed by atoms with Crippen LogP contribution < -0.4 is 5.73 Å². The van der Waals surface area contributed by atoms with E-state index in [9.17, 15) is 0 Å². The molecule has 0 bridgehead atoms. The predicted molar refractivity (Wildman–Crippen MR) is 87.4 cm³/mol. The van der Waals surface area contributed by atoms with Gasteiger partial charge < -0.3 is 10.3 Å². The van der Waals surface area contributed by atoms with Crippen molar-refractivity contribution in [2.24, 2.45) is 5.73 Å². The minimum atomic E-state index is 0.572. The van der Waals surface area contributed by atoms with Gasteiger partial charge in [0.25, 0.3) is 0 Å². The van der Waals surface area contributed by atoms with Crippen molar-refractivity contribution in [1.82, 2.24) is 19.5 Å². The minimum Gasteiger partial charge on any atom is -0.326 e. The Hall–Kier alpha value is -2.27. The zero-order valence-electron chi connectivity index (χ0n) is 12.9. The highest BCUT2D eigenvalue weighted by Gasteiger charge is 2.07. The average Bonchev–Trinajstić information content (AvgIpc) is 2.96. The number of rotatable bonds is 6. The molecule has 22 heavy (non-hydrogen) atoms. The first-order chi connectivity index (χ1) is 10.8. The Kier molecular flexibility index (Phi) is 4.44. The van der Waals surface area contributed by atoms with E-state index in [4.69, 9.17) is 5.73 Å². The van der Waals surface area contributed by atoms with Crippen molar-refractivity contribution in [2.45, 2.75) is 39.3 Å². The SMILES string of the molecule is CCCCc1ncc2ncn(Cc3ccc(CN)cc3)c2n1. The van der Waals surface area contributed by atoms with Crippen LogP contribution in [0.25, 0.3) is 11.2 Å². The van der Waals surface area contributed by atoms with Gasteiger partial charge in [-0.25, -0.2) is 15.0 Å². The molecular weight excluding hydrogens is 274 g/mol. The lowest BCUT2D eigenvalue weighted by molar-refractivity contribution is 0.748. The maximum Gasteiger partial charge on any atom is 0.163 e.